The zero-order chi connectivity index (χ0) is 29.9. The van der Waals surface area contributed by atoms with Crippen LogP contribution in [0.5, 0.6) is 0 Å². The largest absolute Gasteiger partial charge is 0.478 e. The Hall–Kier alpha value is -3.50. The molecule has 41 heavy (non-hydrogen) atoms. The van der Waals surface area contributed by atoms with Gasteiger partial charge in [-0.05, 0) is 56.0 Å². The number of ether oxygens (including phenoxy) is 1. The fourth-order valence-electron chi connectivity index (χ4n) is 4.40. The average Bonchev–Trinajstić information content (AvgIpc) is 3.40. The van der Waals surface area contributed by atoms with E-state index in [9.17, 15) is 18.4 Å². The van der Waals surface area contributed by atoms with Gasteiger partial charge in [0, 0.05) is 34.8 Å². The number of halogens is 3. The highest BCUT2D eigenvalue weighted by Gasteiger charge is 2.18. The topological polar surface area (TPSA) is 88.5 Å². The molecule has 6 nitrogen and oxygen atoms in total. The number of hydrogen-bond donors (Lipinski definition) is 2. The Morgan fingerprint density at radius 3 is 2.46 bits per heavy atom. The monoisotopic (exact) mass is 588 g/mol. The van der Waals surface area contributed by atoms with E-state index in [1.165, 1.54) is 32.6 Å². The summed E-state index contributed by atoms with van der Waals surface area (Å²) in [6.45, 7) is 3.38. The molecular formula is C31H35F3N2O4S. The summed E-state index contributed by atoms with van der Waals surface area (Å²) in [5.41, 5.74) is 0.0289. The first kappa shape index (κ1) is 32.0. The normalized spacial score (nSPS) is 12.4. The third-order valence-corrected chi connectivity index (χ3v) is 7.58. The number of aromatic nitrogens is 1. The molecule has 3 rings (SSSR count). The molecule has 3 aromatic rings. The van der Waals surface area contributed by atoms with Crippen molar-refractivity contribution in [3.63, 3.8) is 0 Å². The summed E-state index contributed by atoms with van der Waals surface area (Å²) in [5.74, 6) is -4.69. The molecule has 0 spiro atoms. The predicted octanol–water partition coefficient (Wildman–Crippen LogP) is 8.28. The molecule has 1 aromatic heterocycles. The van der Waals surface area contributed by atoms with Crippen molar-refractivity contribution < 1.29 is 32.6 Å². The number of amides is 1. The second kappa shape index (κ2) is 15.5. The minimum atomic E-state index is -1.32. The van der Waals surface area contributed by atoms with E-state index in [-0.39, 0.29) is 27.9 Å². The quantitative estimate of drug-likeness (QED) is 0.138. The number of aryl methyl sites for hydroxylation is 1. The lowest BCUT2D eigenvalue weighted by Crippen LogP contribution is -2.13. The number of aliphatic carboxylic acids is 1. The van der Waals surface area contributed by atoms with Gasteiger partial charge in [0.1, 0.15) is 17.5 Å². The predicted molar refractivity (Wildman–Crippen MR) is 156 cm³/mol. The van der Waals surface area contributed by atoms with E-state index < -0.39 is 34.9 Å². The van der Waals surface area contributed by atoms with Crippen LogP contribution in [0.1, 0.15) is 80.3 Å². The van der Waals surface area contributed by atoms with Crippen LogP contribution in [0, 0.1) is 17.5 Å². The number of carboxylic acids is 1. The SMILES string of the molecule is CCCCCCCC(CCc1cccc(-c2csc(NC(=O)c3cc(F)c(/C=C(\C)C(=O)O)c(F)c3)n2)c1F)OC. The van der Waals surface area contributed by atoms with Crippen molar-refractivity contribution in [2.24, 2.45) is 0 Å². The Bertz CT molecular complexity index is 1370. The summed E-state index contributed by atoms with van der Waals surface area (Å²) in [6.07, 6.45) is 8.94. The van der Waals surface area contributed by atoms with Crippen LogP contribution in [0.3, 0.4) is 0 Å². The number of rotatable bonds is 15. The number of hydrogen-bond acceptors (Lipinski definition) is 5. The number of anilines is 1. The molecule has 1 amide bonds. The van der Waals surface area contributed by atoms with Crippen molar-refractivity contribution in [2.75, 3.05) is 12.4 Å². The molecule has 0 saturated carbocycles. The molecule has 1 atom stereocenters. The van der Waals surface area contributed by atoms with Gasteiger partial charge in [-0.15, -0.1) is 11.3 Å². The third kappa shape index (κ3) is 8.99. The summed E-state index contributed by atoms with van der Waals surface area (Å²) in [4.78, 5) is 27.9. The maximum Gasteiger partial charge on any atom is 0.331 e. The Labute approximate surface area is 242 Å². The molecule has 0 bridgehead atoms. The van der Waals surface area contributed by atoms with Crippen molar-refractivity contribution in [3.8, 4) is 11.3 Å². The zero-order valence-corrected chi connectivity index (χ0v) is 24.3. The van der Waals surface area contributed by atoms with Gasteiger partial charge in [-0.25, -0.2) is 22.9 Å². The number of benzene rings is 2. The minimum absolute atomic E-state index is 0.0572. The molecule has 0 fully saturated rings. The van der Waals surface area contributed by atoms with Crippen molar-refractivity contribution >= 4 is 34.4 Å². The van der Waals surface area contributed by atoms with Crippen LogP contribution >= 0.6 is 11.3 Å². The van der Waals surface area contributed by atoms with Gasteiger partial charge in [0.2, 0.25) is 0 Å². The van der Waals surface area contributed by atoms with E-state index in [4.69, 9.17) is 9.84 Å². The Morgan fingerprint density at radius 1 is 1.10 bits per heavy atom. The zero-order valence-electron chi connectivity index (χ0n) is 23.4. The average molecular weight is 589 g/mol. The second-order valence-electron chi connectivity index (χ2n) is 9.86. The number of carboxylic acid groups (broad SMARTS) is 1. The van der Waals surface area contributed by atoms with Gasteiger partial charge in [0.05, 0.1) is 11.8 Å². The fraction of sp³-hybridized carbons (Fsp3) is 0.387. The Balaban J connectivity index is 1.67. The van der Waals surface area contributed by atoms with E-state index in [0.717, 1.165) is 42.4 Å². The van der Waals surface area contributed by atoms with Crippen molar-refractivity contribution in [2.45, 2.75) is 71.3 Å². The van der Waals surface area contributed by atoms with E-state index >= 15 is 4.39 Å². The molecule has 0 aliphatic rings. The second-order valence-corrected chi connectivity index (χ2v) is 10.7. The van der Waals surface area contributed by atoms with Crippen LogP contribution in [-0.2, 0) is 16.0 Å². The summed E-state index contributed by atoms with van der Waals surface area (Å²) in [6, 6.07) is 6.73. The van der Waals surface area contributed by atoms with Gasteiger partial charge < -0.3 is 9.84 Å². The van der Waals surface area contributed by atoms with Crippen LogP contribution < -0.4 is 5.32 Å². The maximum absolute atomic E-state index is 15.4. The lowest BCUT2D eigenvalue weighted by atomic mass is 9.99. The standard InChI is InChI=1S/C31H35F3N2O4S/c1-4-5-6-7-8-11-22(40-3)14-13-20-10-9-12-23(28(20)34)27-18-41-31(35-27)36-29(37)21-16-25(32)24(26(33)17-21)15-19(2)30(38)39/h9-10,12,15-18,22H,4-8,11,13-14H2,1-3H3,(H,38,39)(H,35,36,37)/b19-15+. The van der Waals surface area contributed by atoms with Gasteiger partial charge >= 0.3 is 5.97 Å². The molecule has 1 unspecified atom stereocenters. The van der Waals surface area contributed by atoms with E-state index in [1.807, 2.05) is 0 Å². The van der Waals surface area contributed by atoms with E-state index in [2.05, 4.69) is 17.2 Å². The first-order valence-electron chi connectivity index (χ1n) is 13.6. The lowest BCUT2D eigenvalue weighted by Gasteiger charge is -2.16. The molecular weight excluding hydrogens is 553 g/mol. The maximum atomic E-state index is 15.4. The molecule has 0 saturated heterocycles. The molecule has 1 heterocycles. The van der Waals surface area contributed by atoms with Gasteiger partial charge in [-0.2, -0.15) is 0 Å². The smallest absolute Gasteiger partial charge is 0.331 e. The first-order valence-corrected chi connectivity index (χ1v) is 14.5. The number of carbonyl (C=O) groups excluding carboxylic acids is 1. The number of unbranched alkanes of at least 4 members (excludes halogenated alkanes) is 4. The van der Waals surface area contributed by atoms with Gasteiger partial charge in [0.25, 0.3) is 5.91 Å². The van der Waals surface area contributed by atoms with Crippen molar-refractivity contribution in [1.82, 2.24) is 4.98 Å². The van der Waals surface area contributed by atoms with Crippen LogP contribution in [0.25, 0.3) is 17.3 Å². The number of thiazole rings is 1. The summed E-state index contributed by atoms with van der Waals surface area (Å²) >= 11 is 1.05. The summed E-state index contributed by atoms with van der Waals surface area (Å²) < 4.78 is 50.0. The third-order valence-electron chi connectivity index (χ3n) is 6.82. The van der Waals surface area contributed by atoms with E-state index in [0.29, 0.717) is 24.1 Å². The van der Waals surface area contributed by atoms with Gasteiger partial charge in [-0.1, -0.05) is 51.2 Å². The lowest BCUT2D eigenvalue weighted by molar-refractivity contribution is -0.132. The van der Waals surface area contributed by atoms with Crippen LogP contribution in [-0.4, -0.2) is 35.2 Å². The van der Waals surface area contributed by atoms with E-state index in [1.54, 1.807) is 30.7 Å². The molecule has 2 aromatic carbocycles. The number of carbonyl (C=O) groups is 2. The van der Waals surface area contributed by atoms with Crippen LogP contribution in [0.2, 0.25) is 0 Å². The van der Waals surface area contributed by atoms with Crippen LogP contribution in [0.4, 0.5) is 18.3 Å². The Morgan fingerprint density at radius 2 is 1.80 bits per heavy atom. The molecule has 220 valence electrons. The highest BCUT2D eigenvalue weighted by atomic mass is 32.1. The highest BCUT2D eigenvalue weighted by Crippen LogP contribution is 2.30. The minimum Gasteiger partial charge on any atom is -0.478 e. The molecule has 10 heteroatoms. The fourth-order valence-corrected chi connectivity index (χ4v) is 5.10. The molecule has 0 radical (unpaired) electrons. The number of nitrogens with zero attached hydrogens (tertiary/aromatic N) is 1. The number of methoxy groups -OCH3 is 1. The molecule has 2 N–H and O–H groups in total. The van der Waals surface area contributed by atoms with Gasteiger partial charge in [-0.3, -0.25) is 10.1 Å². The number of nitrogens with one attached hydrogen (secondary N) is 1. The summed E-state index contributed by atoms with van der Waals surface area (Å²) in [5, 5.41) is 13.1. The van der Waals surface area contributed by atoms with Crippen molar-refractivity contribution in [3.05, 3.63) is 75.4 Å². The molecule has 0 aliphatic carbocycles. The summed E-state index contributed by atoms with van der Waals surface area (Å²) in [7, 11) is 1.68. The van der Waals surface area contributed by atoms with Gasteiger partial charge in [0.15, 0.2) is 5.13 Å². The highest BCUT2D eigenvalue weighted by molar-refractivity contribution is 7.14. The van der Waals surface area contributed by atoms with Crippen LogP contribution in [0.15, 0.2) is 41.3 Å². The molecule has 0 aliphatic heterocycles. The van der Waals surface area contributed by atoms with Crippen molar-refractivity contribution in [1.29, 1.82) is 0 Å². The first-order chi connectivity index (χ1) is 19.6. The Kier molecular flexibility index (Phi) is 12.1.